The smallest absolute Gasteiger partial charge is 0.176 e. The van der Waals surface area contributed by atoms with E-state index in [9.17, 15) is 4.79 Å². The molecule has 20 heavy (non-hydrogen) atoms. The van der Waals surface area contributed by atoms with Gasteiger partial charge in [0.05, 0.1) is 6.54 Å². The van der Waals surface area contributed by atoms with Gasteiger partial charge in [-0.2, -0.15) is 0 Å². The third kappa shape index (κ3) is 4.48. The van der Waals surface area contributed by atoms with Crippen LogP contribution in [-0.4, -0.2) is 30.8 Å². The minimum Gasteiger partial charge on any atom is -0.299 e. The zero-order chi connectivity index (χ0) is 14.4. The molecule has 2 aromatic carbocycles. The molecule has 104 valence electrons. The maximum Gasteiger partial charge on any atom is 0.176 e. The lowest BCUT2D eigenvalue weighted by Crippen LogP contribution is -2.28. The summed E-state index contributed by atoms with van der Waals surface area (Å²) in [7, 11) is 1.96. The Kier molecular flexibility index (Phi) is 5.33. The fourth-order valence-corrected chi connectivity index (χ4v) is 2.23. The molecule has 0 aliphatic heterocycles. The quantitative estimate of drug-likeness (QED) is 0.755. The van der Waals surface area contributed by atoms with Crippen molar-refractivity contribution in [2.24, 2.45) is 0 Å². The van der Waals surface area contributed by atoms with E-state index in [2.05, 4.69) is 12.1 Å². The molecule has 2 aromatic rings. The molecule has 3 heteroatoms. The van der Waals surface area contributed by atoms with Crippen LogP contribution < -0.4 is 0 Å². The highest BCUT2D eigenvalue weighted by molar-refractivity contribution is 6.31. The Bertz CT molecular complexity index is 568. The number of hydrogen-bond donors (Lipinski definition) is 0. The molecule has 0 radical (unpaired) electrons. The lowest BCUT2D eigenvalue weighted by atomic mass is 10.1. The molecule has 0 bridgehead atoms. The number of hydrogen-bond acceptors (Lipinski definition) is 2. The van der Waals surface area contributed by atoms with Crippen molar-refractivity contribution >= 4 is 17.4 Å². The molecule has 0 unspecified atom stereocenters. The predicted molar refractivity (Wildman–Crippen MR) is 83.4 cm³/mol. The van der Waals surface area contributed by atoms with E-state index in [0.29, 0.717) is 17.1 Å². The van der Waals surface area contributed by atoms with Gasteiger partial charge in [-0.05, 0) is 31.2 Å². The average Bonchev–Trinajstić information content (AvgIpc) is 2.46. The maximum atomic E-state index is 12.1. The summed E-state index contributed by atoms with van der Waals surface area (Å²) in [4.78, 5) is 14.2. The monoisotopic (exact) mass is 287 g/mol. The first kappa shape index (κ1) is 14.8. The number of Topliss-reactive ketones (excluding diaryl/α,β-unsaturated/α-hetero) is 1. The number of benzene rings is 2. The fourth-order valence-electron chi connectivity index (χ4n) is 2.04. The first-order chi connectivity index (χ1) is 9.65. The molecule has 0 aromatic heterocycles. The van der Waals surface area contributed by atoms with Crippen LogP contribution >= 0.6 is 11.6 Å². The number of carbonyl (C=O) groups is 1. The lowest BCUT2D eigenvalue weighted by molar-refractivity contribution is 0.0947. The van der Waals surface area contributed by atoms with Crippen molar-refractivity contribution in [3.05, 3.63) is 70.7 Å². The third-order valence-electron chi connectivity index (χ3n) is 3.19. The Labute approximate surface area is 125 Å². The Morgan fingerprint density at radius 2 is 1.85 bits per heavy atom. The second-order valence-electron chi connectivity index (χ2n) is 4.91. The largest absolute Gasteiger partial charge is 0.299 e. The van der Waals surface area contributed by atoms with Crippen LogP contribution in [0.2, 0.25) is 5.02 Å². The van der Waals surface area contributed by atoms with Gasteiger partial charge in [-0.3, -0.25) is 9.69 Å². The second-order valence-corrected chi connectivity index (χ2v) is 5.34. The highest BCUT2D eigenvalue weighted by Gasteiger charge is 2.09. The zero-order valence-corrected chi connectivity index (χ0v) is 12.3. The number of carbonyl (C=O) groups excluding carboxylic acids is 1. The number of ketones is 1. The molecule has 0 aliphatic carbocycles. The van der Waals surface area contributed by atoms with E-state index in [4.69, 9.17) is 11.6 Å². The van der Waals surface area contributed by atoms with E-state index in [-0.39, 0.29) is 5.78 Å². The molecule has 0 amide bonds. The van der Waals surface area contributed by atoms with Crippen molar-refractivity contribution in [1.82, 2.24) is 4.90 Å². The van der Waals surface area contributed by atoms with Gasteiger partial charge in [0.2, 0.25) is 0 Å². The summed E-state index contributed by atoms with van der Waals surface area (Å²) in [6.07, 6.45) is 0.945. The molecule has 0 fully saturated rings. The Hall–Kier alpha value is -1.64. The van der Waals surface area contributed by atoms with Crippen LogP contribution in [0.15, 0.2) is 54.6 Å². The molecule has 2 nitrogen and oxygen atoms in total. The number of likely N-dealkylation sites (N-methyl/N-ethyl adjacent to an activating group) is 1. The van der Waals surface area contributed by atoms with Gasteiger partial charge in [-0.15, -0.1) is 0 Å². The molecule has 0 spiro atoms. The zero-order valence-electron chi connectivity index (χ0n) is 11.6. The van der Waals surface area contributed by atoms with Gasteiger partial charge >= 0.3 is 0 Å². The van der Waals surface area contributed by atoms with Crippen molar-refractivity contribution < 1.29 is 4.79 Å². The highest BCUT2D eigenvalue weighted by Crippen LogP contribution is 2.11. The number of nitrogens with zero attached hydrogens (tertiary/aromatic N) is 1. The predicted octanol–water partition coefficient (Wildman–Crippen LogP) is 3.70. The van der Waals surface area contributed by atoms with Crippen molar-refractivity contribution in [2.45, 2.75) is 6.42 Å². The normalized spacial score (nSPS) is 10.8. The molecule has 0 aliphatic rings. The van der Waals surface area contributed by atoms with Crippen molar-refractivity contribution in [3.8, 4) is 0 Å². The highest BCUT2D eigenvalue weighted by atomic mass is 35.5. The molecule has 0 heterocycles. The Balaban J connectivity index is 1.85. The van der Waals surface area contributed by atoms with E-state index in [1.807, 2.05) is 30.1 Å². The van der Waals surface area contributed by atoms with Crippen LogP contribution in [0.5, 0.6) is 0 Å². The summed E-state index contributed by atoms with van der Waals surface area (Å²) >= 11 is 5.90. The number of rotatable bonds is 6. The molecular weight excluding hydrogens is 270 g/mol. The van der Waals surface area contributed by atoms with Gasteiger partial charge in [0, 0.05) is 17.1 Å². The standard InChI is InChI=1S/C17H18ClNO/c1-19(11-10-14-6-3-2-4-7-14)13-17(20)15-8-5-9-16(18)12-15/h2-9,12H,10-11,13H2,1H3. The van der Waals surface area contributed by atoms with Crippen LogP contribution in [0.3, 0.4) is 0 Å². The molecule has 0 saturated carbocycles. The van der Waals surface area contributed by atoms with Gasteiger partial charge in [0.1, 0.15) is 0 Å². The first-order valence-electron chi connectivity index (χ1n) is 6.66. The average molecular weight is 288 g/mol. The van der Waals surface area contributed by atoms with Crippen molar-refractivity contribution in [3.63, 3.8) is 0 Å². The number of halogens is 1. The van der Waals surface area contributed by atoms with Gasteiger partial charge in [0.15, 0.2) is 5.78 Å². The van der Waals surface area contributed by atoms with E-state index < -0.39 is 0 Å². The summed E-state index contributed by atoms with van der Waals surface area (Å²) in [5, 5.41) is 0.600. The van der Waals surface area contributed by atoms with Gasteiger partial charge in [-0.25, -0.2) is 0 Å². The fraction of sp³-hybridized carbons (Fsp3) is 0.235. The second kappa shape index (κ2) is 7.22. The van der Waals surface area contributed by atoms with Gasteiger partial charge in [-0.1, -0.05) is 54.1 Å². The minimum absolute atomic E-state index is 0.100. The van der Waals surface area contributed by atoms with Crippen molar-refractivity contribution in [2.75, 3.05) is 20.1 Å². The van der Waals surface area contributed by atoms with E-state index in [1.165, 1.54) is 5.56 Å². The van der Waals surface area contributed by atoms with Gasteiger partial charge < -0.3 is 0 Å². The van der Waals surface area contributed by atoms with Crippen molar-refractivity contribution in [1.29, 1.82) is 0 Å². The first-order valence-corrected chi connectivity index (χ1v) is 7.04. The summed E-state index contributed by atoms with van der Waals surface area (Å²) in [5.41, 5.74) is 1.96. The lowest BCUT2D eigenvalue weighted by Gasteiger charge is -2.15. The molecular formula is C17H18ClNO. The summed E-state index contributed by atoms with van der Waals surface area (Å²) < 4.78 is 0. The van der Waals surface area contributed by atoms with Crippen LogP contribution in [0.1, 0.15) is 15.9 Å². The van der Waals surface area contributed by atoms with Gasteiger partial charge in [0.25, 0.3) is 0 Å². The summed E-state index contributed by atoms with van der Waals surface area (Å²) in [5.74, 6) is 0.100. The summed E-state index contributed by atoms with van der Waals surface area (Å²) in [6.45, 7) is 1.27. The molecule has 0 atom stereocenters. The minimum atomic E-state index is 0.100. The van der Waals surface area contributed by atoms with Crippen LogP contribution in [0.4, 0.5) is 0 Å². The van der Waals surface area contributed by atoms with Crippen LogP contribution in [0, 0.1) is 0 Å². The SMILES string of the molecule is CN(CCc1ccccc1)CC(=O)c1cccc(Cl)c1. The molecule has 0 saturated heterocycles. The van der Waals surface area contributed by atoms with E-state index in [1.54, 1.807) is 24.3 Å². The maximum absolute atomic E-state index is 12.1. The van der Waals surface area contributed by atoms with Crippen LogP contribution in [-0.2, 0) is 6.42 Å². The Morgan fingerprint density at radius 3 is 2.55 bits per heavy atom. The Morgan fingerprint density at radius 1 is 1.10 bits per heavy atom. The van der Waals surface area contributed by atoms with E-state index >= 15 is 0 Å². The molecule has 2 rings (SSSR count). The van der Waals surface area contributed by atoms with E-state index in [0.717, 1.165) is 13.0 Å². The molecule has 0 N–H and O–H groups in total. The third-order valence-corrected chi connectivity index (χ3v) is 3.42. The van der Waals surface area contributed by atoms with Crippen LogP contribution in [0.25, 0.3) is 0 Å². The topological polar surface area (TPSA) is 20.3 Å². The summed E-state index contributed by atoms with van der Waals surface area (Å²) in [6, 6.07) is 17.4.